The highest BCUT2D eigenvalue weighted by Crippen LogP contribution is 2.25. The molecule has 0 heterocycles. The molecular weight excluding hydrogens is 287 g/mol. The SMILES string of the molecule is CC(C)(C)C(=O)C(Br)Cc1ccccc1Cl. The minimum atomic E-state index is -0.324. The van der Waals surface area contributed by atoms with Crippen molar-refractivity contribution in [1.29, 1.82) is 0 Å². The summed E-state index contributed by atoms with van der Waals surface area (Å²) in [7, 11) is 0. The molecule has 0 N–H and O–H groups in total. The molecule has 16 heavy (non-hydrogen) atoms. The van der Waals surface area contributed by atoms with Crippen molar-refractivity contribution >= 4 is 33.3 Å². The van der Waals surface area contributed by atoms with Gasteiger partial charge in [-0.15, -0.1) is 0 Å². The lowest BCUT2D eigenvalue weighted by atomic mass is 9.87. The monoisotopic (exact) mass is 302 g/mol. The molecule has 88 valence electrons. The number of Topliss-reactive ketones (excluding diaryl/α,β-unsaturated/α-hetero) is 1. The molecule has 0 aliphatic heterocycles. The normalized spacial score (nSPS) is 13.6. The minimum Gasteiger partial charge on any atom is -0.298 e. The van der Waals surface area contributed by atoms with Crippen molar-refractivity contribution in [2.45, 2.75) is 32.0 Å². The molecule has 1 rings (SSSR count). The molecule has 0 saturated heterocycles. The van der Waals surface area contributed by atoms with E-state index in [4.69, 9.17) is 11.6 Å². The van der Waals surface area contributed by atoms with Crippen LogP contribution in [0, 0.1) is 5.41 Å². The Kier molecular flexibility index (Phi) is 4.57. The second-order valence-electron chi connectivity index (χ2n) is 4.88. The fraction of sp³-hybridized carbons (Fsp3) is 0.462. The van der Waals surface area contributed by atoms with Crippen molar-refractivity contribution in [2.24, 2.45) is 5.41 Å². The van der Waals surface area contributed by atoms with Gasteiger partial charge in [-0.25, -0.2) is 0 Å². The molecule has 1 aromatic carbocycles. The number of carbonyl (C=O) groups is 1. The van der Waals surface area contributed by atoms with Crippen LogP contribution in [0.25, 0.3) is 0 Å². The molecule has 1 atom stereocenters. The van der Waals surface area contributed by atoms with E-state index in [1.54, 1.807) is 0 Å². The van der Waals surface area contributed by atoms with Gasteiger partial charge in [-0.2, -0.15) is 0 Å². The van der Waals surface area contributed by atoms with Gasteiger partial charge < -0.3 is 0 Å². The summed E-state index contributed by atoms with van der Waals surface area (Å²) in [4.78, 5) is 11.8. The molecule has 0 saturated carbocycles. The molecule has 1 aromatic rings. The van der Waals surface area contributed by atoms with Crippen molar-refractivity contribution in [1.82, 2.24) is 0 Å². The van der Waals surface area contributed by atoms with Crippen molar-refractivity contribution in [2.75, 3.05) is 0 Å². The van der Waals surface area contributed by atoms with Gasteiger partial charge in [0.1, 0.15) is 0 Å². The molecule has 1 unspecified atom stereocenters. The molecule has 0 aliphatic carbocycles. The van der Waals surface area contributed by atoms with E-state index in [1.807, 2.05) is 45.0 Å². The molecule has 0 amide bonds. The maximum atomic E-state index is 12.0. The number of ketones is 1. The van der Waals surface area contributed by atoms with Crippen LogP contribution in [0.2, 0.25) is 5.02 Å². The Balaban J connectivity index is 2.76. The summed E-state index contributed by atoms with van der Waals surface area (Å²) in [6.07, 6.45) is 0.635. The molecule has 1 nitrogen and oxygen atoms in total. The summed E-state index contributed by atoms with van der Waals surface area (Å²) in [5, 5.41) is 0.716. The predicted molar refractivity (Wildman–Crippen MR) is 72.3 cm³/mol. The molecule has 0 fully saturated rings. The van der Waals surface area contributed by atoms with Gasteiger partial charge in [-0.1, -0.05) is 66.5 Å². The lowest BCUT2D eigenvalue weighted by molar-refractivity contribution is -0.125. The molecule has 3 heteroatoms. The van der Waals surface area contributed by atoms with E-state index in [9.17, 15) is 4.79 Å². The number of benzene rings is 1. The van der Waals surface area contributed by atoms with E-state index in [1.165, 1.54) is 0 Å². The zero-order chi connectivity index (χ0) is 12.3. The maximum absolute atomic E-state index is 12.0. The summed E-state index contributed by atoms with van der Waals surface area (Å²) in [6, 6.07) is 7.62. The Morgan fingerprint density at radius 2 is 1.94 bits per heavy atom. The van der Waals surface area contributed by atoms with Crippen LogP contribution in [-0.2, 0) is 11.2 Å². The summed E-state index contributed by atoms with van der Waals surface area (Å²) < 4.78 is 0. The van der Waals surface area contributed by atoms with Gasteiger partial charge in [0.25, 0.3) is 0 Å². The third kappa shape index (κ3) is 3.60. The molecule has 0 spiro atoms. The first-order valence-corrected chi connectivity index (χ1v) is 6.53. The summed E-state index contributed by atoms with van der Waals surface area (Å²) in [5.41, 5.74) is 0.679. The van der Waals surface area contributed by atoms with E-state index in [2.05, 4.69) is 15.9 Å². The van der Waals surface area contributed by atoms with Gasteiger partial charge in [0.05, 0.1) is 4.83 Å². The van der Waals surface area contributed by atoms with Crippen LogP contribution in [0.15, 0.2) is 24.3 Å². The van der Waals surface area contributed by atoms with Gasteiger partial charge in [0, 0.05) is 10.4 Å². The third-order valence-corrected chi connectivity index (χ3v) is 3.49. The van der Waals surface area contributed by atoms with Gasteiger partial charge >= 0.3 is 0 Å². The smallest absolute Gasteiger partial charge is 0.152 e. The highest BCUT2D eigenvalue weighted by Gasteiger charge is 2.28. The topological polar surface area (TPSA) is 17.1 Å². The van der Waals surface area contributed by atoms with Crippen molar-refractivity contribution < 1.29 is 4.79 Å². The first-order valence-electron chi connectivity index (χ1n) is 5.24. The molecule has 0 aromatic heterocycles. The van der Waals surface area contributed by atoms with Crippen LogP contribution < -0.4 is 0 Å². The highest BCUT2D eigenvalue weighted by molar-refractivity contribution is 9.10. The van der Waals surface area contributed by atoms with E-state index >= 15 is 0 Å². The van der Waals surface area contributed by atoms with Crippen molar-refractivity contribution in [3.05, 3.63) is 34.9 Å². The van der Waals surface area contributed by atoms with E-state index in [-0.39, 0.29) is 16.0 Å². The fourth-order valence-corrected chi connectivity index (χ4v) is 2.67. The first kappa shape index (κ1) is 13.7. The Bertz CT molecular complexity index is 382. The highest BCUT2D eigenvalue weighted by atomic mass is 79.9. The lowest BCUT2D eigenvalue weighted by Gasteiger charge is -2.20. The van der Waals surface area contributed by atoms with Crippen LogP contribution in [0.3, 0.4) is 0 Å². The third-order valence-electron chi connectivity index (χ3n) is 2.38. The lowest BCUT2D eigenvalue weighted by Crippen LogP contribution is -2.30. The second-order valence-corrected chi connectivity index (χ2v) is 6.39. The minimum absolute atomic E-state index is 0.174. The van der Waals surface area contributed by atoms with Crippen LogP contribution in [-0.4, -0.2) is 10.6 Å². The number of rotatable bonds is 3. The van der Waals surface area contributed by atoms with Gasteiger partial charge in [-0.3, -0.25) is 4.79 Å². The average molecular weight is 304 g/mol. The van der Waals surface area contributed by atoms with Crippen LogP contribution in [0.1, 0.15) is 26.3 Å². The molecule has 0 radical (unpaired) electrons. The van der Waals surface area contributed by atoms with Crippen molar-refractivity contribution in [3.8, 4) is 0 Å². The standard InChI is InChI=1S/C13H16BrClO/c1-13(2,3)12(16)10(14)8-9-6-4-5-7-11(9)15/h4-7,10H,8H2,1-3H3. The number of halogens is 2. The summed E-state index contributed by atoms with van der Waals surface area (Å²) >= 11 is 9.50. The number of carbonyl (C=O) groups excluding carboxylic acids is 1. The van der Waals surface area contributed by atoms with Gasteiger partial charge in [0.2, 0.25) is 0 Å². The first-order chi connectivity index (χ1) is 7.32. The molecule has 0 bridgehead atoms. The zero-order valence-electron chi connectivity index (χ0n) is 9.76. The van der Waals surface area contributed by atoms with E-state index in [0.29, 0.717) is 11.4 Å². The number of hydrogen-bond acceptors (Lipinski definition) is 1. The fourth-order valence-electron chi connectivity index (χ4n) is 1.42. The van der Waals surface area contributed by atoms with Gasteiger partial charge in [-0.05, 0) is 18.1 Å². The van der Waals surface area contributed by atoms with Crippen LogP contribution in [0.4, 0.5) is 0 Å². The second kappa shape index (κ2) is 5.33. The Morgan fingerprint density at radius 3 is 2.44 bits per heavy atom. The summed E-state index contributed by atoms with van der Waals surface area (Å²) in [5.74, 6) is 0.201. The quantitative estimate of drug-likeness (QED) is 0.763. The van der Waals surface area contributed by atoms with Gasteiger partial charge in [0.15, 0.2) is 5.78 Å². The number of hydrogen-bond donors (Lipinski definition) is 0. The largest absolute Gasteiger partial charge is 0.298 e. The Labute approximate surface area is 110 Å². The Hall–Kier alpha value is -0.340. The maximum Gasteiger partial charge on any atom is 0.152 e. The van der Waals surface area contributed by atoms with Crippen LogP contribution >= 0.6 is 27.5 Å². The van der Waals surface area contributed by atoms with E-state index < -0.39 is 0 Å². The predicted octanol–water partition coefficient (Wildman–Crippen LogP) is 4.26. The zero-order valence-corrected chi connectivity index (χ0v) is 12.1. The number of alkyl halides is 1. The van der Waals surface area contributed by atoms with Crippen molar-refractivity contribution in [3.63, 3.8) is 0 Å². The van der Waals surface area contributed by atoms with Crippen LogP contribution in [0.5, 0.6) is 0 Å². The summed E-state index contributed by atoms with van der Waals surface area (Å²) in [6.45, 7) is 5.78. The Morgan fingerprint density at radius 1 is 1.38 bits per heavy atom. The molecular formula is C13H16BrClO. The van der Waals surface area contributed by atoms with E-state index in [0.717, 1.165) is 5.56 Å². The molecule has 0 aliphatic rings. The average Bonchev–Trinajstić information content (AvgIpc) is 2.19.